The molecule has 0 amide bonds. The van der Waals surface area contributed by atoms with Gasteiger partial charge in [0.25, 0.3) is 0 Å². The molecule has 2 unspecified atom stereocenters. The molecule has 13 rings (SSSR count). The summed E-state index contributed by atoms with van der Waals surface area (Å²) in [5, 5.41) is 28.1. The standard InChI is InChI=1S/C24H24O.C21H20O.C10H16.C8H10.C7H8O.2C2H6/c1-17-8-10-18(11-9-17)24(19-12-14-20(25)15-13-19)16-23(2,3)21-6-4-5-7-22(21)24;1-16-8-10-18(11-9-16)21(2,17-6-4-3-5-7-17)19-12-14-20(22)15-13-19;1-7-2-9-4-8(1)5-10(3-7)6-9;1-7-3-5-8(2)6-4-7;1-6-2-4-7(8)5-3-6;2*1-2/h4-15,25H,16H2,1-3H3;3-15,22H,1-2H3;7-10H,1-6H2;3-6H,1-2H3;2-5,8H,1H3;2*1-2H3. The Morgan fingerprint density at radius 1 is 0.338 bits per heavy atom. The highest BCUT2D eigenvalue weighted by Crippen LogP contribution is 2.57. The zero-order chi connectivity index (χ0) is 55.8. The maximum Gasteiger partial charge on any atom is 0.115 e. The first kappa shape index (κ1) is 59.4. The number of hydrogen-bond donors (Lipinski definition) is 3. The second-order valence-corrected chi connectivity index (χ2v) is 22.7. The number of phenols is 3. The fourth-order valence-electron chi connectivity index (χ4n) is 12.7. The number of rotatable bonds is 5. The summed E-state index contributed by atoms with van der Waals surface area (Å²) in [5.41, 5.74) is 15.0. The van der Waals surface area contributed by atoms with Gasteiger partial charge in [0.05, 0.1) is 0 Å². The van der Waals surface area contributed by atoms with E-state index in [4.69, 9.17) is 5.11 Å². The monoisotopic (exact) mass is 1030 g/mol. The predicted molar refractivity (Wildman–Crippen MR) is 328 cm³/mol. The van der Waals surface area contributed by atoms with Crippen molar-refractivity contribution in [2.24, 2.45) is 23.7 Å². The van der Waals surface area contributed by atoms with Crippen molar-refractivity contribution in [2.45, 2.75) is 144 Å². The number of benzene rings is 8. The quantitative estimate of drug-likeness (QED) is 0.151. The fourth-order valence-corrected chi connectivity index (χ4v) is 12.7. The Hall–Kier alpha value is -6.84. The molecule has 0 spiro atoms. The first-order valence-electron chi connectivity index (χ1n) is 28.7. The van der Waals surface area contributed by atoms with Crippen molar-refractivity contribution in [3.63, 3.8) is 0 Å². The van der Waals surface area contributed by atoms with E-state index >= 15 is 0 Å². The van der Waals surface area contributed by atoms with Crippen molar-refractivity contribution in [1.82, 2.24) is 0 Å². The molecule has 8 aromatic rings. The highest BCUT2D eigenvalue weighted by molar-refractivity contribution is 5.60. The van der Waals surface area contributed by atoms with Gasteiger partial charge in [-0.3, -0.25) is 0 Å². The van der Waals surface area contributed by atoms with E-state index in [-0.39, 0.29) is 16.2 Å². The molecule has 3 N–H and O–H groups in total. The SMILES string of the molecule is C1C2CC3CC1CC(C2)C3.CC.CC.Cc1ccc(C(C)(c2ccccc2)c2ccc(O)cc2)cc1.Cc1ccc(C)cc1.Cc1ccc(C2(c3ccc(O)cc3)CC(C)(C)c3ccccc32)cc1.Cc1ccc(O)cc1. The van der Waals surface area contributed by atoms with Crippen LogP contribution in [0.3, 0.4) is 0 Å². The van der Waals surface area contributed by atoms with Crippen LogP contribution < -0.4 is 0 Å². The molecular weight excluding hydrogens is 937 g/mol. The van der Waals surface area contributed by atoms with Gasteiger partial charge in [0.2, 0.25) is 0 Å². The lowest BCUT2D eigenvalue weighted by Crippen LogP contribution is -2.38. The molecule has 77 heavy (non-hydrogen) atoms. The molecule has 5 aliphatic rings. The van der Waals surface area contributed by atoms with Crippen LogP contribution in [0.1, 0.15) is 160 Å². The summed E-state index contributed by atoms with van der Waals surface area (Å²) in [6.45, 7) is 25.3. The lowest BCUT2D eigenvalue weighted by atomic mass is 9.56. The largest absolute Gasteiger partial charge is 0.508 e. The van der Waals surface area contributed by atoms with Crippen molar-refractivity contribution >= 4 is 0 Å². The Morgan fingerprint density at radius 3 is 0.974 bits per heavy atom. The summed E-state index contributed by atoms with van der Waals surface area (Å²) in [6.07, 6.45) is 10.6. The molecule has 5 aliphatic carbocycles. The van der Waals surface area contributed by atoms with Crippen LogP contribution in [0.15, 0.2) is 200 Å². The van der Waals surface area contributed by atoms with Gasteiger partial charge >= 0.3 is 0 Å². The average molecular weight is 1030 g/mol. The maximum atomic E-state index is 9.79. The zero-order valence-corrected chi connectivity index (χ0v) is 48.7. The van der Waals surface area contributed by atoms with Crippen molar-refractivity contribution in [3.8, 4) is 17.2 Å². The number of phenolic OH excluding ortho intramolecular Hbond substituents is 3. The molecule has 0 saturated heterocycles. The summed E-state index contributed by atoms with van der Waals surface area (Å²) < 4.78 is 0. The van der Waals surface area contributed by atoms with E-state index < -0.39 is 0 Å². The molecule has 4 bridgehead atoms. The van der Waals surface area contributed by atoms with Crippen LogP contribution in [-0.4, -0.2) is 15.3 Å². The topological polar surface area (TPSA) is 60.7 Å². The second kappa shape index (κ2) is 27.5. The van der Waals surface area contributed by atoms with Gasteiger partial charge in [0.15, 0.2) is 0 Å². The third-order valence-electron chi connectivity index (χ3n) is 16.4. The van der Waals surface area contributed by atoms with Gasteiger partial charge in [-0.05, 0) is 191 Å². The minimum absolute atomic E-state index is 0.0966. The smallest absolute Gasteiger partial charge is 0.115 e. The Kier molecular flexibility index (Phi) is 21.2. The van der Waals surface area contributed by atoms with Crippen LogP contribution in [0.5, 0.6) is 17.2 Å². The number of aromatic hydroxyl groups is 3. The number of hydrogen-bond acceptors (Lipinski definition) is 3. The van der Waals surface area contributed by atoms with Crippen LogP contribution in [0.4, 0.5) is 0 Å². The summed E-state index contributed by atoms with van der Waals surface area (Å²) >= 11 is 0. The lowest BCUT2D eigenvalue weighted by Gasteiger charge is -2.49. The third-order valence-corrected chi connectivity index (χ3v) is 16.4. The van der Waals surface area contributed by atoms with Gasteiger partial charge < -0.3 is 15.3 Å². The van der Waals surface area contributed by atoms with Crippen molar-refractivity contribution in [3.05, 3.63) is 267 Å². The van der Waals surface area contributed by atoms with Gasteiger partial charge in [-0.2, -0.15) is 0 Å². The molecule has 8 aromatic carbocycles. The van der Waals surface area contributed by atoms with Crippen molar-refractivity contribution in [2.75, 3.05) is 0 Å². The fraction of sp³-hybridized carbons (Fsp3) is 0.351. The van der Waals surface area contributed by atoms with Crippen LogP contribution >= 0.6 is 0 Å². The second-order valence-electron chi connectivity index (χ2n) is 22.7. The molecular formula is C74H90O3. The van der Waals surface area contributed by atoms with E-state index in [1.807, 2.05) is 65.0 Å². The van der Waals surface area contributed by atoms with Crippen LogP contribution in [0.25, 0.3) is 0 Å². The average Bonchev–Trinajstić information content (AvgIpc) is 3.71. The van der Waals surface area contributed by atoms with E-state index in [2.05, 4.69) is 182 Å². The predicted octanol–water partition coefficient (Wildman–Crippen LogP) is 19.7. The highest BCUT2D eigenvalue weighted by atomic mass is 16.3. The summed E-state index contributed by atoms with van der Waals surface area (Å²) in [6, 6.07) is 67.8. The molecule has 3 nitrogen and oxygen atoms in total. The third kappa shape index (κ3) is 15.0. The Labute approximate surface area is 465 Å². The normalized spacial score (nSPS) is 20.3. The summed E-state index contributed by atoms with van der Waals surface area (Å²) in [7, 11) is 0. The van der Waals surface area contributed by atoms with Crippen LogP contribution in [0.2, 0.25) is 0 Å². The number of aryl methyl sites for hydroxylation is 5. The lowest BCUT2D eigenvalue weighted by molar-refractivity contribution is 0.0198. The maximum absolute atomic E-state index is 9.79. The molecule has 0 aromatic heterocycles. The van der Waals surface area contributed by atoms with Crippen molar-refractivity contribution in [1.29, 1.82) is 0 Å². The van der Waals surface area contributed by atoms with Crippen molar-refractivity contribution < 1.29 is 15.3 Å². The molecule has 4 fully saturated rings. The molecule has 404 valence electrons. The zero-order valence-electron chi connectivity index (χ0n) is 48.7. The number of fused-ring (bicyclic) bond motifs is 1. The molecule has 3 heteroatoms. The van der Waals surface area contributed by atoms with Gasteiger partial charge in [-0.25, -0.2) is 0 Å². The first-order valence-corrected chi connectivity index (χ1v) is 28.7. The van der Waals surface area contributed by atoms with E-state index in [9.17, 15) is 10.2 Å². The van der Waals surface area contributed by atoms with Gasteiger partial charge in [-0.15, -0.1) is 0 Å². The van der Waals surface area contributed by atoms with E-state index in [1.165, 1.54) is 90.4 Å². The molecule has 0 radical (unpaired) electrons. The Balaban J connectivity index is 0.000000165. The molecule has 0 heterocycles. The van der Waals surface area contributed by atoms with E-state index in [0.717, 1.165) is 6.42 Å². The molecule has 4 saturated carbocycles. The van der Waals surface area contributed by atoms with Gasteiger partial charge in [0.1, 0.15) is 17.2 Å². The Morgan fingerprint density at radius 2 is 0.597 bits per heavy atom. The highest BCUT2D eigenvalue weighted by Gasteiger charge is 2.49. The minimum Gasteiger partial charge on any atom is -0.508 e. The Bertz CT molecular complexity index is 2730. The first-order chi connectivity index (χ1) is 37.0. The van der Waals surface area contributed by atoms with Crippen LogP contribution in [-0.2, 0) is 16.2 Å². The van der Waals surface area contributed by atoms with Crippen LogP contribution in [0, 0.1) is 58.3 Å². The van der Waals surface area contributed by atoms with E-state index in [0.29, 0.717) is 17.2 Å². The molecule has 0 aliphatic heterocycles. The van der Waals surface area contributed by atoms with Gasteiger partial charge in [0, 0.05) is 10.8 Å². The summed E-state index contributed by atoms with van der Waals surface area (Å²) in [5.74, 6) is 5.65. The minimum atomic E-state index is -0.247. The van der Waals surface area contributed by atoms with Gasteiger partial charge in [-0.1, -0.05) is 233 Å². The molecule has 2 atom stereocenters. The van der Waals surface area contributed by atoms with E-state index in [1.54, 1.807) is 74.9 Å². The summed E-state index contributed by atoms with van der Waals surface area (Å²) in [4.78, 5) is 0.